The predicted molar refractivity (Wildman–Crippen MR) is 184 cm³/mol. The van der Waals surface area contributed by atoms with Gasteiger partial charge >= 0.3 is 0 Å². The van der Waals surface area contributed by atoms with Crippen molar-refractivity contribution in [2.75, 3.05) is 4.90 Å². The number of fused-ring (bicyclic) bond motifs is 8. The molecule has 0 fully saturated rings. The zero-order valence-corrected chi connectivity index (χ0v) is 24.6. The molecule has 2 nitrogen and oxygen atoms in total. The smallest absolute Gasteiger partial charge is 0.132 e. The van der Waals surface area contributed by atoms with Crippen molar-refractivity contribution in [3.63, 3.8) is 0 Å². The summed E-state index contributed by atoms with van der Waals surface area (Å²) in [7, 11) is 0. The maximum absolute atomic E-state index is 6.81. The third kappa shape index (κ3) is 3.82. The summed E-state index contributed by atoms with van der Waals surface area (Å²) in [5.74, 6) is 1.76. The van der Waals surface area contributed by atoms with Crippen LogP contribution >= 0.6 is 0 Å². The maximum atomic E-state index is 6.81. The molecule has 212 valence electrons. The van der Waals surface area contributed by atoms with Crippen molar-refractivity contribution in [1.82, 2.24) is 0 Å². The number of anilines is 3. The highest BCUT2D eigenvalue weighted by Crippen LogP contribution is 2.63. The lowest BCUT2D eigenvalue weighted by Crippen LogP contribution is -2.39. The van der Waals surface area contributed by atoms with E-state index < -0.39 is 5.41 Å². The quantitative estimate of drug-likeness (QED) is 0.208. The summed E-state index contributed by atoms with van der Waals surface area (Å²) in [6, 6.07) is 63.1. The second kappa shape index (κ2) is 10.1. The van der Waals surface area contributed by atoms with Gasteiger partial charge in [-0.3, -0.25) is 0 Å². The molecule has 0 atom stereocenters. The second-order valence-electron chi connectivity index (χ2n) is 11.7. The van der Waals surface area contributed by atoms with E-state index in [2.05, 4.69) is 181 Å². The van der Waals surface area contributed by atoms with Crippen LogP contribution in [0.15, 0.2) is 176 Å². The highest BCUT2D eigenvalue weighted by molar-refractivity contribution is 5.91. The average molecular weight is 576 g/mol. The molecule has 0 amide bonds. The van der Waals surface area contributed by atoms with Crippen molar-refractivity contribution in [2.24, 2.45) is 0 Å². The van der Waals surface area contributed by atoms with Crippen molar-refractivity contribution in [2.45, 2.75) is 5.41 Å². The van der Waals surface area contributed by atoms with Crippen LogP contribution in [0.25, 0.3) is 22.3 Å². The Hall–Kier alpha value is -5.86. The summed E-state index contributed by atoms with van der Waals surface area (Å²) in [5.41, 5.74) is 12.3. The Morgan fingerprint density at radius 1 is 0.356 bits per heavy atom. The molecule has 9 rings (SSSR count). The van der Waals surface area contributed by atoms with Gasteiger partial charge in [0, 0.05) is 16.8 Å². The van der Waals surface area contributed by atoms with Crippen LogP contribution in [0.5, 0.6) is 11.5 Å². The average Bonchev–Trinajstić information content (AvgIpc) is 3.12. The molecule has 2 heterocycles. The van der Waals surface area contributed by atoms with Gasteiger partial charge in [-0.05, 0) is 81.9 Å². The van der Waals surface area contributed by atoms with Gasteiger partial charge in [-0.25, -0.2) is 0 Å². The van der Waals surface area contributed by atoms with E-state index in [1.165, 1.54) is 33.4 Å². The van der Waals surface area contributed by atoms with E-state index in [1.807, 2.05) is 0 Å². The summed E-state index contributed by atoms with van der Waals surface area (Å²) in [6.07, 6.45) is 0. The van der Waals surface area contributed by atoms with E-state index in [-0.39, 0.29) is 0 Å². The van der Waals surface area contributed by atoms with Gasteiger partial charge in [0.15, 0.2) is 0 Å². The SMILES string of the molecule is c1ccc(-c2ccc3c(c2)C2(c4cc(-c5ccccc5)ccc4O3)c3ccccc3N(c3ccccc3)c3ccccc32)cc1. The third-order valence-electron chi connectivity index (χ3n) is 9.31. The van der Waals surface area contributed by atoms with Gasteiger partial charge in [0.25, 0.3) is 0 Å². The molecule has 0 saturated carbocycles. The third-order valence-corrected chi connectivity index (χ3v) is 9.31. The highest BCUT2D eigenvalue weighted by atomic mass is 16.5. The van der Waals surface area contributed by atoms with E-state index in [0.717, 1.165) is 39.7 Å². The van der Waals surface area contributed by atoms with Crippen molar-refractivity contribution in [3.05, 3.63) is 198 Å². The number of hydrogen-bond donors (Lipinski definition) is 0. The Labute approximate surface area is 263 Å². The fourth-order valence-corrected chi connectivity index (χ4v) is 7.39. The molecule has 0 radical (unpaired) electrons. The lowest BCUT2D eigenvalue weighted by atomic mass is 9.60. The monoisotopic (exact) mass is 575 g/mol. The molecule has 2 heteroatoms. The fraction of sp³-hybridized carbons (Fsp3) is 0.0233. The molecule has 1 spiro atoms. The molecule has 0 saturated heterocycles. The lowest BCUT2D eigenvalue weighted by molar-refractivity contribution is 0.434. The molecule has 2 aliphatic rings. The highest BCUT2D eigenvalue weighted by Gasteiger charge is 2.51. The number of nitrogens with zero attached hydrogens (tertiary/aromatic N) is 1. The number of rotatable bonds is 3. The van der Waals surface area contributed by atoms with Crippen LogP contribution in [0.1, 0.15) is 22.3 Å². The Bertz CT molecular complexity index is 2050. The van der Waals surface area contributed by atoms with Crippen LogP contribution in [0, 0.1) is 0 Å². The summed E-state index contributed by atoms with van der Waals surface area (Å²) in [6.45, 7) is 0. The van der Waals surface area contributed by atoms with E-state index in [0.29, 0.717) is 0 Å². The molecule has 0 unspecified atom stereocenters. The van der Waals surface area contributed by atoms with Crippen molar-refractivity contribution in [1.29, 1.82) is 0 Å². The van der Waals surface area contributed by atoms with Gasteiger partial charge in [0.2, 0.25) is 0 Å². The van der Waals surface area contributed by atoms with E-state index in [4.69, 9.17) is 4.74 Å². The molecular formula is C43H29NO. The van der Waals surface area contributed by atoms with Gasteiger partial charge < -0.3 is 9.64 Å². The summed E-state index contributed by atoms with van der Waals surface area (Å²) < 4.78 is 6.81. The lowest BCUT2D eigenvalue weighted by Gasteiger charge is -2.48. The summed E-state index contributed by atoms with van der Waals surface area (Å²) in [5, 5.41) is 0. The molecule has 7 aromatic carbocycles. The first-order valence-electron chi connectivity index (χ1n) is 15.4. The zero-order chi connectivity index (χ0) is 29.8. The molecule has 0 bridgehead atoms. The van der Waals surface area contributed by atoms with Crippen LogP contribution in [-0.4, -0.2) is 0 Å². The van der Waals surface area contributed by atoms with Gasteiger partial charge in [-0.1, -0.05) is 127 Å². The first-order chi connectivity index (χ1) is 22.3. The molecule has 45 heavy (non-hydrogen) atoms. The Kier molecular flexibility index (Phi) is 5.76. The van der Waals surface area contributed by atoms with Crippen molar-refractivity contribution in [3.8, 4) is 33.8 Å². The Morgan fingerprint density at radius 2 is 0.778 bits per heavy atom. The zero-order valence-electron chi connectivity index (χ0n) is 24.6. The van der Waals surface area contributed by atoms with Crippen LogP contribution in [-0.2, 0) is 5.41 Å². The van der Waals surface area contributed by atoms with Crippen molar-refractivity contribution < 1.29 is 4.74 Å². The van der Waals surface area contributed by atoms with Crippen LogP contribution in [0.4, 0.5) is 17.1 Å². The minimum Gasteiger partial charge on any atom is -0.457 e. The molecule has 7 aromatic rings. The van der Waals surface area contributed by atoms with Crippen LogP contribution in [0.3, 0.4) is 0 Å². The number of hydrogen-bond acceptors (Lipinski definition) is 2. The minimum atomic E-state index is -0.628. The van der Waals surface area contributed by atoms with Crippen LogP contribution in [0.2, 0.25) is 0 Å². The van der Waals surface area contributed by atoms with Crippen LogP contribution < -0.4 is 9.64 Å². The van der Waals surface area contributed by atoms with Gasteiger partial charge in [0.05, 0.1) is 16.8 Å². The topological polar surface area (TPSA) is 12.5 Å². The molecule has 0 aromatic heterocycles. The summed E-state index contributed by atoms with van der Waals surface area (Å²) in [4.78, 5) is 2.41. The predicted octanol–water partition coefficient (Wildman–Crippen LogP) is 11.3. The molecule has 0 N–H and O–H groups in total. The van der Waals surface area contributed by atoms with E-state index in [1.54, 1.807) is 0 Å². The Balaban J connectivity index is 1.42. The molecule has 0 aliphatic carbocycles. The van der Waals surface area contributed by atoms with Crippen molar-refractivity contribution >= 4 is 17.1 Å². The molecular weight excluding hydrogens is 546 g/mol. The van der Waals surface area contributed by atoms with Gasteiger partial charge in [-0.2, -0.15) is 0 Å². The van der Waals surface area contributed by atoms with Gasteiger partial charge in [-0.15, -0.1) is 0 Å². The largest absolute Gasteiger partial charge is 0.457 e. The summed E-state index contributed by atoms with van der Waals surface area (Å²) >= 11 is 0. The van der Waals surface area contributed by atoms with E-state index in [9.17, 15) is 0 Å². The van der Waals surface area contributed by atoms with Gasteiger partial charge in [0.1, 0.15) is 11.5 Å². The first kappa shape index (κ1) is 25.6. The minimum absolute atomic E-state index is 0.628. The number of ether oxygens (including phenoxy) is 1. The molecule has 2 aliphatic heterocycles. The normalized spacial score (nSPS) is 13.6. The first-order valence-corrected chi connectivity index (χ1v) is 15.4. The maximum Gasteiger partial charge on any atom is 0.132 e. The number of benzene rings is 7. The second-order valence-corrected chi connectivity index (χ2v) is 11.7. The van der Waals surface area contributed by atoms with E-state index >= 15 is 0 Å². The fourth-order valence-electron chi connectivity index (χ4n) is 7.39. The number of para-hydroxylation sites is 3. The standard InChI is InChI=1S/C43H29NO/c1-4-14-30(15-5-1)32-24-26-41-37(28-32)43(38-29-33(25-27-42(38)45-41)31-16-6-2-7-17-31)35-20-10-12-22-39(35)44(34-18-8-3-9-19-34)40-23-13-11-21-36(40)43/h1-29H. The Morgan fingerprint density at radius 3 is 1.27 bits per heavy atom.